The molecule has 0 aromatic rings. The molecule has 0 aromatic carbocycles. The Bertz CT molecular complexity index is 40.7. The van der Waals surface area contributed by atoms with E-state index in [2.05, 4.69) is 4.74 Å². The van der Waals surface area contributed by atoms with Gasteiger partial charge in [0.1, 0.15) is 6.61 Å². The number of hydrogen-bond donors (Lipinski definition) is 2. The lowest BCUT2D eigenvalue weighted by atomic mass is 10.6. The maximum atomic E-state index is 8.68. The highest BCUT2D eigenvalue weighted by Gasteiger charge is 1.98. The van der Waals surface area contributed by atoms with Crippen LogP contribution in [0.25, 0.3) is 0 Å². The van der Waals surface area contributed by atoms with Crippen molar-refractivity contribution in [3.05, 3.63) is 0 Å². The fourth-order valence-corrected chi connectivity index (χ4v) is 0.267. The van der Waals surface area contributed by atoms with E-state index in [1.165, 1.54) is 0 Å². The van der Waals surface area contributed by atoms with Gasteiger partial charge in [0.15, 0.2) is 0 Å². The van der Waals surface area contributed by atoms with Crippen LogP contribution in [0.1, 0.15) is 0 Å². The van der Waals surface area contributed by atoms with Gasteiger partial charge in [-0.15, -0.1) is 0 Å². The molecule has 0 rings (SSSR count). The Kier molecular flexibility index (Phi) is 3.98. The van der Waals surface area contributed by atoms with Crippen LogP contribution in [0.2, 0.25) is 0 Å². The summed E-state index contributed by atoms with van der Waals surface area (Å²) in [6.45, 7) is 0.399. The minimum Gasteiger partial charge on any atom is -0.376 e. The molecule has 0 aromatic heterocycles. The first kappa shape index (κ1) is 6.88. The highest BCUT2D eigenvalue weighted by atomic mass is 16.5. The van der Waals surface area contributed by atoms with Crippen LogP contribution in [-0.2, 0) is 4.74 Å². The van der Waals surface area contributed by atoms with Crippen molar-refractivity contribution in [3.8, 4) is 0 Å². The Labute approximate surface area is 43.3 Å². The van der Waals surface area contributed by atoms with Gasteiger partial charge in [-0.3, -0.25) is 0 Å². The molecule has 0 amide bonds. The van der Waals surface area contributed by atoms with E-state index in [-0.39, 0.29) is 0 Å². The molecule has 44 valence electrons. The van der Waals surface area contributed by atoms with Crippen molar-refractivity contribution in [1.29, 1.82) is 0 Å². The van der Waals surface area contributed by atoms with Crippen molar-refractivity contribution in [2.45, 2.75) is 6.23 Å². The smallest absolute Gasteiger partial charge is 0.211 e. The van der Waals surface area contributed by atoms with Gasteiger partial charge in [0.05, 0.1) is 7.05 Å². The van der Waals surface area contributed by atoms with Gasteiger partial charge in [-0.05, 0) is 0 Å². The van der Waals surface area contributed by atoms with Crippen LogP contribution in [0.3, 0.4) is 0 Å². The van der Waals surface area contributed by atoms with Gasteiger partial charge in [0.25, 0.3) is 0 Å². The number of likely N-dealkylation sites (N-methyl/N-ethyl adjacent to an activating group) is 1. The first-order valence-electron chi connectivity index (χ1n) is 2.27. The summed E-state index contributed by atoms with van der Waals surface area (Å²) in [5.74, 6) is 0. The number of ether oxygens (including phenoxy) is 1. The molecule has 0 saturated heterocycles. The molecule has 0 bridgehead atoms. The SMILES string of the molecule is C[NH2+]C(O)COC. The molecule has 0 radical (unpaired) electrons. The standard InChI is InChI=1S/C4H11NO2/c1-5-4(6)3-7-2/h4-6H,3H2,1-2H3/p+1. The first-order valence-corrected chi connectivity index (χ1v) is 2.27. The van der Waals surface area contributed by atoms with Crippen LogP contribution < -0.4 is 5.32 Å². The van der Waals surface area contributed by atoms with E-state index < -0.39 is 6.23 Å². The van der Waals surface area contributed by atoms with Gasteiger partial charge in [-0.2, -0.15) is 0 Å². The number of aliphatic hydroxyl groups excluding tert-OH is 1. The van der Waals surface area contributed by atoms with E-state index in [9.17, 15) is 0 Å². The molecule has 7 heavy (non-hydrogen) atoms. The Hall–Kier alpha value is -0.120. The monoisotopic (exact) mass is 106 g/mol. The van der Waals surface area contributed by atoms with Gasteiger partial charge >= 0.3 is 0 Å². The average molecular weight is 106 g/mol. The van der Waals surface area contributed by atoms with Crippen LogP contribution in [0, 0.1) is 0 Å². The Morgan fingerprint density at radius 3 is 2.57 bits per heavy atom. The maximum absolute atomic E-state index is 8.68. The zero-order valence-electron chi connectivity index (χ0n) is 4.72. The quantitative estimate of drug-likeness (QED) is 0.415. The second-order valence-corrected chi connectivity index (χ2v) is 1.36. The highest BCUT2D eigenvalue weighted by Crippen LogP contribution is 1.65. The summed E-state index contributed by atoms with van der Waals surface area (Å²) < 4.78 is 4.61. The summed E-state index contributed by atoms with van der Waals surface area (Å²) in [5.41, 5.74) is 0. The predicted octanol–water partition coefficient (Wildman–Crippen LogP) is -1.86. The van der Waals surface area contributed by atoms with E-state index in [1.54, 1.807) is 19.5 Å². The zero-order chi connectivity index (χ0) is 5.70. The fraction of sp³-hybridized carbons (Fsp3) is 1.00. The van der Waals surface area contributed by atoms with Gasteiger partial charge in [-0.1, -0.05) is 0 Å². The first-order chi connectivity index (χ1) is 3.31. The Morgan fingerprint density at radius 1 is 1.86 bits per heavy atom. The highest BCUT2D eigenvalue weighted by molar-refractivity contribution is 4.24. The topological polar surface area (TPSA) is 46.1 Å². The molecular formula is C4H12NO2+. The predicted molar refractivity (Wildman–Crippen MR) is 25.7 cm³/mol. The Balaban J connectivity index is 2.83. The normalized spacial score (nSPS) is 14.1. The minimum atomic E-state index is -0.398. The molecule has 0 fully saturated rings. The minimum absolute atomic E-state index is 0.398. The van der Waals surface area contributed by atoms with Crippen molar-refractivity contribution in [3.63, 3.8) is 0 Å². The molecular weight excluding hydrogens is 94.0 g/mol. The lowest BCUT2D eigenvalue weighted by molar-refractivity contribution is -0.702. The zero-order valence-corrected chi connectivity index (χ0v) is 4.72. The third-order valence-electron chi connectivity index (χ3n) is 0.722. The molecule has 0 heterocycles. The van der Waals surface area contributed by atoms with Crippen molar-refractivity contribution >= 4 is 0 Å². The van der Waals surface area contributed by atoms with Crippen molar-refractivity contribution < 1.29 is 15.2 Å². The molecule has 3 heteroatoms. The number of hydrogen-bond acceptors (Lipinski definition) is 2. The number of quaternary nitrogens is 1. The van der Waals surface area contributed by atoms with Crippen molar-refractivity contribution in [2.75, 3.05) is 20.8 Å². The van der Waals surface area contributed by atoms with Crippen LogP contribution >= 0.6 is 0 Å². The van der Waals surface area contributed by atoms with E-state index in [0.29, 0.717) is 6.61 Å². The van der Waals surface area contributed by atoms with Crippen LogP contribution in [0.15, 0.2) is 0 Å². The lowest BCUT2D eigenvalue weighted by Crippen LogP contribution is -2.87. The average Bonchev–Trinajstić information content (AvgIpc) is 1.68. The summed E-state index contributed by atoms with van der Waals surface area (Å²) in [4.78, 5) is 0. The molecule has 0 aliphatic heterocycles. The molecule has 0 spiro atoms. The molecule has 3 N–H and O–H groups in total. The number of aliphatic hydroxyl groups is 1. The van der Waals surface area contributed by atoms with Gasteiger partial charge in [0, 0.05) is 7.11 Å². The molecule has 3 nitrogen and oxygen atoms in total. The van der Waals surface area contributed by atoms with E-state index in [0.717, 1.165) is 0 Å². The second-order valence-electron chi connectivity index (χ2n) is 1.36. The van der Waals surface area contributed by atoms with Crippen LogP contribution in [0.5, 0.6) is 0 Å². The number of rotatable bonds is 3. The largest absolute Gasteiger partial charge is 0.376 e. The fourth-order valence-electron chi connectivity index (χ4n) is 0.267. The molecule has 1 atom stereocenters. The third-order valence-corrected chi connectivity index (χ3v) is 0.722. The number of methoxy groups -OCH3 is 1. The van der Waals surface area contributed by atoms with Gasteiger partial charge in [-0.25, -0.2) is 0 Å². The van der Waals surface area contributed by atoms with Crippen molar-refractivity contribution in [2.24, 2.45) is 0 Å². The molecule has 0 aliphatic carbocycles. The molecule has 0 aliphatic rings. The van der Waals surface area contributed by atoms with E-state index >= 15 is 0 Å². The van der Waals surface area contributed by atoms with Gasteiger partial charge < -0.3 is 15.2 Å². The van der Waals surface area contributed by atoms with E-state index in [1.807, 2.05) is 0 Å². The van der Waals surface area contributed by atoms with Crippen molar-refractivity contribution in [1.82, 2.24) is 0 Å². The summed E-state index contributed by atoms with van der Waals surface area (Å²) in [5, 5.41) is 10.4. The summed E-state index contributed by atoms with van der Waals surface area (Å²) >= 11 is 0. The third kappa shape index (κ3) is 3.72. The van der Waals surface area contributed by atoms with Crippen LogP contribution in [0.4, 0.5) is 0 Å². The molecule has 0 saturated carbocycles. The van der Waals surface area contributed by atoms with Crippen LogP contribution in [-0.4, -0.2) is 32.1 Å². The lowest BCUT2D eigenvalue weighted by Gasteiger charge is -2.01. The summed E-state index contributed by atoms with van der Waals surface area (Å²) in [6.07, 6.45) is -0.398. The second kappa shape index (κ2) is 4.05. The van der Waals surface area contributed by atoms with E-state index in [4.69, 9.17) is 5.11 Å². The Morgan fingerprint density at radius 2 is 2.43 bits per heavy atom. The summed E-state index contributed by atoms with van der Waals surface area (Å²) in [6, 6.07) is 0. The summed E-state index contributed by atoms with van der Waals surface area (Å²) in [7, 11) is 3.36. The number of nitrogens with two attached hydrogens (primary N) is 1. The van der Waals surface area contributed by atoms with Gasteiger partial charge in [0.2, 0.25) is 6.23 Å². The molecule has 1 unspecified atom stereocenters. The maximum Gasteiger partial charge on any atom is 0.211 e.